The quantitative estimate of drug-likeness (QED) is 0.630. The van der Waals surface area contributed by atoms with Crippen LogP contribution in [0.25, 0.3) is 11.3 Å². The Labute approximate surface area is 137 Å². The van der Waals surface area contributed by atoms with Gasteiger partial charge in [-0.15, -0.1) is 0 Å². The van der Waals surface area contributed by atoms with Crippen molar-refractivity contribution in [1.82, 2.24) is 9.88 Å². The van der Waals surface area contributed by atoms with Gasteiger partial charge in [-0.05, 0) is 18.5 Å². The molecule has 0 aliphatic heterocycles. The van der Waals surface area contributed by atoms with Crippen LogP contribution in [0.4, 0.5) is 0 Å². The molecule has 2 aromatic carbocycles. The molecule has 0 saturated heterocycles. The van der Waals surface area contributed by atoms with E-state index in [4.69, 9.17) is 4.42 Å². The fourth-order valence-corrected chi connectivity index (χ4v) is 2.68. The SMILES string of the molecule is CCCN(Cc1ccccc1)Cc1ncc(-c2ccccc2)o1. The molecule has 118 valence electrons. The van der Waals surface area contributed by atoms with E-state index in [2.05, 4.69) is 41.1 Å². The molecular weight excluding hydrogens is 284 g/mol. The Morgan fingerprint density at radius 2 is 1.61 bits per heavy atom. The van der Waals surface area contributed by atoms with Crippen molar-refractivity contribution < 1.29 is 4.42 Å². The van der Waals surface area contributed by atoms with Crippen LogP contribution < -0.4 is 0 Å². The lowest BCUT2D eigenvalue weighted by Crippen LogP contribution is -2.23. The maximum Gasteiger partial charge on any atom is 0.209 e. The Morgan fingerprint density at radius 3 is 2.30 bits per heavy atom. The van der Waals surface area contributed by atoms with Crippen LogP contribution in [-0.4, -0.2) is 16.4 Å². The molecule has 3 heteroatoms. The number of aromatic nitrogens is 1. The topological polar surface area (TPSA) is 29.3 Å². The predicted octanol–water partition coefficient (Wildman–Crippen LogP) is 4.75. The summed E-state index contributed by atoms with van der Waals surface area (Å²) in [6.45, 7) is 4.87. The molecule has 0 aliphatic carbocycles. The molecular formula is C20H22N2O. The smallest absolute Gasteiger partial charge is 0.209 e. The fraction of sp³-hybridized carbons (Fsp3) is 0.250. The first kappa shape index (κ1) is 15.5. The lowest BCUT2D eigenvalue weighted by atomic mass is 10.2. The maximum atomic E-state index is 5.93. The summed E-state index contributed by atoms with van der Waals surface area (Å²) >= 11 is 0. The number of hydrogen-bond acceptors (Lipinski definition) is 3. The van der Waals surface area contributed by atoms with Crippen molar-refractivity contribution in [3.05, 3.63) is 78.3 Å². The van der Waals surface area contributed by atoms with Gasteiger partial charge in [-0.25, -0.2) is 4.98 Å². The molecule has 0 unspecified atom stereocenters. The predicted molar refractivity (Wildman–Crippen MR) is 92.8 cm³/mol. The van der Waals surface area contributed by atoms with Crippen LogP contribution in [0, 0.1) is 0 Å². The van der Waals surface area contributed by atoms with Crippen molar-refractivity contribution >= 4 is 0 Å². The van der Waals surface area contributed by atoms with Crippen LogP contribution in [0.2, 0.25) is 0 Å². The van der Waals surface area contributed by atoms with Gasteiger partial charge in [0.05, 0.1) is 12.7 Å². The second-order valence-corrected chi connectivity index (χ2v) is 5.68. The number of benzene rings is 2. The zero-order chi connectivity index (χ0) is 15.9. The first-order valence-electron chi connectivity index (χ1n) is 8.11. The van der Waals surface area contributed by atoms with Crippen molar-refractivity contribution in [3.8, 4) is 11.3 Å². The second kappa shape index (κ2) is 7.75. The Balaban J connectivity index is 1.69. The van der Waals surface area contributed by atoms with E-state index in [1.165, 1.54) is 5.56 Å². The van der Waals surface area contributed by atoms with Crippen molar-refractivity contribution in [2.75, 3.05) is 6.54 Å². The fourth-order valence-electron chi connectivity index (χ4n) is 2.68. The summed E-state index contributed by atoms with van der Waals surface area (Å²) in [5, 5.41) is 0. The molecule has 0 atom stereocenters. The largest absolute Gasteiger partial charge is 0.439 e. The summed E-state index contributed by atoms with van der Waals surface area (Å²) in [7, 11) is 0. The summed E-state index contributed by atoms with van der Waals surface area (Å²) < 4.78 is 5.93. The van der Waals surface area contributed by atoms with Gasteiger partial charge < -0.3 is 4.42 Å². The van der Waals surface area contributed by atoms with Crippen LogP contribution in [0.15, 0.2) is 71.3 Å². The monoisotopic (exact) mass is 306 g/mol. The van der Waals surface area contributed by atoms with Gasteiger partial charge in [0, 0.05) is 12.1 Å². The summed E-state index contributed by atoms with van der Waals surface area (Å²) in [6.07, 6.45) is 2.93. The van der Waals surface area contributed by atoms with Gasteiger partial charge in [0.2, 0.25) is 5.89 Å². The zero-order valence-corrected chi connectivity index (χ0v) is 13.5. The van der Waals surface area contributed by atoms with Gasteiger partial charge >= 0.3 is 0 Å². The molecule has 0 saturated carbocycles. The molecule has 0 bridgehead atoms. The lowest BCUT2D eigenvalue weighted by molar-refractivity contribution is 0.232. The van der Waals surface area contributed by atoms with Crippen molar-refractivity contribution in [2.45, 2.75) is 26.4 Å². The van der Waals surface area contributed by atoms with Crippen LogP contribution >= 0.6 is 0 Å². The minimum Gasteiger partial charge on any atom is -0.439 e. The van der Waals surface area contributed by atoms with Gasteiger partial charge in [-0.2, -0.15) is 0 Å². The minimum atomic E-state index is 0.732. The average molecular weight is 306 g/mol. The Bertz CT molecular complexity index is 707. The van der Waals surface area contributed by atoms with E-state index in [0.29, 0.717) is 0 Å². The van der Waals surface area contributed by atoms with E-state index in [1.807, 2.05) is 42.6 Å². The molecule has 3 rings (SSSR count). The first-order valence-corrected chi connectivity index (χ1v) is 8.11. The second-order valence-electron chi connectivity index (χ2n) is 5.68. The highest BCUT2D eigenvalue weighted by Gasteiger charge is 2.11. The number of oxazole rings is 1. The third-order valence-electron chi connectivity index (χ3n) is 3.76. The first-order chi connectivity index (χ1) is 11.3. The van der Waals surface area contributed by atoms with Crippen LogP contribution in [0.1, 0.15) is 24.8 Å². The third kappa shape index (κ3) is 4.30. The summed E-state index contributed by atoms with van der Waals surface area (Å²) in [4.78, 5) is 6.82. The van der Waals surface area contributed by atoms with Crippen molar-refractivity contribution in [2.24, 2.45) is 0 Å². The van der Waals surface area contributed by atoms with E-state index < -0.39 is 0 Å². The molecule has 1 heterocycles. The van der Waals surface area contributed by atoms with Gasteiger partial charge in [0.25, 0.3) is 0 Å². The third-order valence-corrected chi connectivity index (χ3v) is 3.76. The minimum absolute atomic E-state index is 0.732. The Kier molecular flexibility index (Phi) is 5.22. The summed E-state index contributed by atoms with van der Waals surface area (Å²) in [5.74, 6) is 1.60. The van der Waals surface area contributed by atoms with Gasteiger partial charge in [0.1, 0.15) is 0 Å². The molecule has 0 fully saturated rings. The van der Waals surface area contributed by atoms with Crippen molar-refractivity contribution in [1.29, 1.82) is 0 Å². The highest BCUT2D eigenvalue weighted by Crippen LogP contribution is 2.20. The molecule has 1 aromatic heterocycles. The number of nitrogens with zero attached hydrogens (tertiary/aromatic N) is 2. The molecule has 23 heavy (non-hydrogen) atoms. The van der Waals surface area contributed by atoms with Gasteiger partial charge in [-0.3, -0.25) is 4.90 Å². The van der Waals surface area contributed by atoms with Gasteiger partial charge in [-0.1, -0.05) is 67.6 Å². The molecule has 0 N–H and O–H groups in total. The van der Waals surface area contributed by atoms with Crippen LogP contribution in [0.3, 0.4) is 0 Å². The molecule has 0 radical (unpaired) electrons. The molecule has 0 aliphatic rings. The van der Waals surface area contributed by atoms with E-state index in [0.717, 1.165) is 43.3 Å². The molecule has 3 aromatic rings. The highest BCUT2D eigenvalue weighted by molar-refractivity contribution is 5.55. The van der Waals surface area contributed by atoms with E-state index >= 15 is 0 Å². The van der Waals surface area contributed by atoms with Crippen LogP contribution in [-0.2, 0) is 13.1 Å². The lowest BCUT2D eigenvalue weighted by Gasteiger charge is -2.19. The standard InChI is InChI=1S/C20H22N2O/c1-2-13-22(15-17-9-5-3-6-10-17)16-20-21-14-19(23-20)18-11-7-4-8-12-18/h3-12,14H,2,13,15-16H2,1H3. The molecule has 0 amide bonds. The maximum absolute atomic E-state index is 5.93. The highest BCUT2D eigenvalue weighted by atomic mass is 16.4. The molecule has 3 nitrogen and oxygen atoms in total. The summed E-state index contributed by atoms with van der Waals surface area (Å²) in [5.41, 5.74) is 2.38. The van der Waals surface area contributed by atoms with Gasteiger partial charge in [0.15, 0.2) is 5.76 Å². The normalized spacial score (nSPS) is 11.0. The summed E-state index contributed by atoms with van der Waals surface area (Å²) in [6, 6.07) is 20.6. The van der Waals surface area contributed by atoms with E-state index in [-0.39, 0.29) is 0 Å². The van der Waals surface area contributed by atoms with E-state index in [9.17, 15) is 0 Å². The number of hydrogen-bond donors (Lipinski definition) is 0. The average Bonchev–Trinajstić information content (AvgIpc) is 3.05. The zero-order valence-electron chi connectivity index (χ0n) is 13.5. The Hall–Kier alpha value is -2.39. The Morgan fingerprint density at radius 1 is 0.913 bits per heavy atom. The van der Waals surface area contributed by atoms with Crippen molar-refractivity contribution in [3.63, 3.8) is 0 Å². The van der Waals surface area contributed by atoms with Crippen LogP contribution in [0.5, 0.6) is 0 Å². The molecule has 0 spiro atoms. The number of rotatable bonds is 7. The van der Waals surface area contributed by atoms with E-state index in [1.54, 1.807) is 0 Å².